The van der Waals surface area contributed by atoms with E-state index in [1.807, 2.05) is 25.1 Å². The Balaban J connectivity index is 2.26. The van der Waals surface area contributed by atoms with Crippen LogP contribution in [0.1, 0.15) is 26.7 Å². The number of carbonyl (C=O) groups excluding carboxylic acids is 2. The lowest BCUT2D eigenvalue weighted by atomic mass is 9.85. The molecule has 0 N–H and O–H groups in total. The van der Waals surface area contributed by atoms with Crippen LogP contribution in [-0.2, 0) is 19.1 Å². The second-order valence-electron chi connectivity index (χ2n) is 8.19. The molecule has 31 heavy (non-hydrogen) atoms. The van der Waals surface area contributed by atoms with Gasteiger partial charge in [-0.05, 0) is 48.2 Å². The van der Waals surface area contributed by atoms with Crippen LogP contribution in [0.4, 0.5) is 0 Å². The minimum absolute atomic E-state index is 0.292. The number of benzene rings is 2. The van der Waals surface area contributed by atoms with Gasteiger partial charge in [0.25, 0.3) is 0 Å². The number of hydrogen-bond acceptors (Lipinski definition) is 4. The molecule has 0 saturated heterocycles. The van der Waals surface area contributed by atoms with Crippen molar-refractivity contribution in [3.8, 4) is 0 Å². The number of ether oxygens (including phenoxy) is 2. The molecule has 5 heteroatoms. The molecular formula is C26H30O4Si. The van der Waals surface area contributed by atoms with Crippen molar-refractivity contribution in [2.75, 3.05) is 14.2 Å². The van der Waals surface area contributed by atoms with Gasteiger partial charge in [0.05, 0.1) is 14.2 Å². The molecule has 2 aromatic rings. The molecule has 0 bridgehead atoms. The normalized spacial score (nSPS) is 18.5. The Kier molecular flexibility index (Phi) is 6.65. The van der Waals surface area contributed by atoms with Gasteiger partial charge in [-0.3, -0.25) is 9.59 Å². The van der Waals surface area contributed by atoms with Gasteiger partial charge < -0.3 is 9.47 Å². The zero-order valence-electron chi connectivity index (χ0n) is 18.9. The van der Waals surface area contributed by atoms with Crippen molar-refractivity contribution in [2.45, 2.75) is 33.2 Å². The lowest BCUT2D eigenvalue weighted by Gasteiger charge is -2.32. The van der Waals surface area contributed by atoms with E-state index in [4.69, 9.17) is 9.47 Å². The van der Waals surface area contributed by atoms with Crippen LogP contribution in [0.3, 0.4) is 0 Å². The first kappa shape index (κ1) is 22.8. The quantitative estimate of drug-likeness (QED) is 0.408. The Morgan fingerprint density at radius 1 is 0.871 bits per heavy atom. The Bertz CT molecular complexity index is 966. The highest BCUT2D eigenvalue weighted by molar-refractivity contribution is 7.06. The molecule has 2 aromatic carbocycles. The molecule has 0 aromatic heterocycles. The standard InChI is InChI=1S/C26H30O4Si/c1-6-20-17-26(24(27)29-3,25(28)30-4)18-23(20)19(2)31(5,21-13-9-7-10-14-21)22-15-11-8-12-16-22/h6-16H,17-18H2,1-5H3/b20-6+,23-19-. The number of allylic oxidation sites excluding steroid dienone is 4. The number of esters is 2. The largest absolute Gasteiger partial charge is 0.468 e. The third kappa shape index (κ3) is 3.78. The predicted molar refractivity (Wildman–Crippen MR) is 126 cm³/mol. The van der Waals surface area contributed by atoms with E-state index in [1.165, 1.54) is 29.8 Å². The molecule has 0 aliphatic heterocycles. The first-order chi connectivity index (χ1) is 14.8. The summed E-state index contributed by atoms with van der Waals surface area (Å²) in [4.78, 5) is 25.6. The van der Waals surface area contributed by atoms with Gasteiger partial charge >= 0.3 is 11.9 Å². The summed E-state index contributed by atoms with van der Waals surface area (Å²) >= 11 is 0. The van der Waals surface area contributed by atoms with E-state index in [9.17, 15) is 9.59 Å². The highest BCUT2D eigenvalue weighted by Crippen LogP contribution is 2.49. The molecule has 1 aliphatic carbocycles. The van der Waals surface area contributed by atoms with Gasteiger partial charge in [-0.2, -0.15) is 0 Å². The molecule has 0 amide bonds. The molecule has 1 saturated carbocycles. The summed E-state index contributed by atoms with van der Waals surface area (Å²) in [6.07, 6.45) is 2.60. The fourth-order valence-electron chi connectivity index (χ4n) is 4.77. The number of rotatable bonds is 5. The third-order valence-corrected chi connectivity index (χ3v) is 11.5. The second kappa shape index (κ2) is 9.06. The number of hydrogen-bond donors (Lipinski definition) is 0. The molecule has 4 nitrogen and oxygen atoms in total. The van der Waals surface area contributed by atoms with E-state index >= 15 is 0 Å². The van der Waals surface area contributed by atoms with E-state index < -0.39 is 25.4 Å². The van der Waals surface area contributed by atoms with E-state index in [-0.39, 0.29) is 0 Å². The van der Waals surface area contributed by atoms with Crippen LogP contribution in [0.5, 0.6) is 0 Å². The molecule has 0 radical (unpaired) electrons. The summed E-state index contributed by atoms with van der Waals surface area (Å²) in [6.45, 7) is 6.45. The van der Waals surface area contributed by atoms with Gasteiger partial charge in [0.2, 0.25) is 0 Å². The Morgan fingerprint density at radius 2 is 1.32 bits per heavy atom. The summed E-state index contributed by atoms with van der Waals surface area (Å²) in [5, 5.41) is 3.82. The van der Waals surface area contributed by atoms with Crippen LogP contribution in [0.15, 0.2) is 83.1 Å². The van der Waals surface area contributed by atoms with Crippen LogP contribution in [0, 0.1) is 5.41 Å². The van der Waals surface area contributed by atoms with Crippen LogP contribution < -0.4 is 10.4 Å². The zero-order valence-corrected chi connectivity index (χ0v) is 19.9. The van der Waals surface area contributed by atoms with Crippen molar-refractivity contribution < 1.29 is 19.1 Å². The van der Waals surface area contributed by atoms with E-state index in [0.717, 1.165) is 11.1 Å². The molecule has 0 unspecified atom stereocenters. The predicted octanol–water partition coefficient (Wildman–Crippen LogP) is 3.81. The van der Waals surface area contributed by atoms with Gasteiger partial charge in [0.15, 0.2) is 5.41 Å². The number of methoxy groups -OCH3 is 2. The fraction of sp³-hybridized carbons (Fsp3) is 0.308. The van der Waals surface area contributed by atoms with E-state index in [2.05, 4.69) is 62.0 Å². The molecule has 0 heterocycles. The molecule has 1 fully saturated rings. The summed E-state index contributed by atoms with van der Waals surface area (Å²) in [6, 6.07) is 21.1. The minimum atomic E-state index is -2.35. The average Bonchev–Trinajstić information content (AvgIpc) is 3.24. The van der Waals surface area contributed by atoms with Crippen LogP contribution in [-0.4, -0.2) is 34.2 Å². The van der Waals surface area contributed by atoms with Crippen molar-refractivity contribution in [3.05, 3.63) is 83.1 Å². The van der Waals surface area contributed by atoms with Gasteiger partial charge in [-0.15, -0.1) is 0 Å². The zero-order chi connectivity index (χ0) is 22.6. The minimum Gasteiger partial charge on any atom is -0.468 e. The lowest BCUT2D eigenvalue weighted by molar-refractivity contribution is -0.168. The average molecular weight is 435 g/mol. The molecule has 162 valence electrons. The Labute approximate surface area is 185 Å². The maximum absolute atomic E-state index is 12.8. The highest BCUT2D eigenvalue weighted by Gasteiger charge is 2.55. The third-order valence-electron chi connectivity index (χ3n) is 6.76. The molecule has 0 atom stereocenters. The van der Waals surface area contributed by atoms with Crippen molar-refractivity contribution in [2.24, 2.45) is 5.41 Å². The van der Waals surface area contributed by atoms with Gasteiger partial charge in [0.1, 0.15) is 8.07 Å². The topological polar surface area (TPSA) is 52.6 Å². The first-order valence-corrected chi connectivity index (χ1v) is 13.0. The monoisotopic (exact) mass is 434 g/mol. The van der Waals surface area contributed by atoms with Crippen LogP contribution in [0.25, 0.3) is 0 Å². The summed E-state index contributed by atoms with van der Waals surface area (Å²) < 4.78 is 10.1. The molecular weight excluding hydrogens is 404 g/mol. The van der Waals surface area contributed by atoms with E-state index in [1.54, 1.807) is 0 Å². The van der Waals surface area contributed by atoms with E-state index in [0.29, 0.717) is 12.8 Å². The molecule has 0 spiro atoms. The van der Waals surface area contributed by atoms with Crippen molar-refractivity contribution in [3.63, 3.8) is 0 Å². The second-order valence-corrected chi connectivity index (χ2v) is 12.3. The van der Waals surface area contributed by atoms with Crippen LogP contribution in [0.2, 0.25) is 6.55 Å². The van der Waals surface area contributed by atoms with Gasteiger partial charge in [-0.25, -0.2) is 0 Å². The van der Waals surface area contributed by atoms with Crippen molar-refractivity contribution in [1.82, 2.24) is 0 Å². The highest BCUT2D eigenvalue weighted by atomic mass is 28.3. The maximum atomic E-state index is 12.8. The number of carbonyl (C=O) groups is 2. The molecule has 3 rings (SSSR count). The Morgan fingerprint density at radius 3 is 1.71 bits per heavy atom. The van der Waals surface area contributed by atoms with Gasteiger partial charge in [0, 0.05) is 0 Å². The SMILES string of the molecule is C/C=C1\CC(C(=O)OC)(C(=O)OC)C\C1=C(/C)[Si](C)(c1ccccc1)c1ccccc1. The van der Waals surface area contributed by atoms with Gasteiger partial charge in [-0.1, -0.05) is 78.5 Å². The fourth-order valence-corrected chi connectivity index (χ4v) is 8.54. The smallest absolute Gasteiger partial charge is 0.323 e. The summed E-state index contributed by atoms with van der Waals surface area (Å²) in [5.74, 6) is -1.08. The lowest BCUT2D eigenvalue weighted by Crippen LogP contribution is -2.57. The summed E-state index contributed by atoms with van der Waals surface area (Å²) in [5.41, 5.74) is 0.754. The van der Waals surface area contributed by atoms with Crippen molar-refractivity contribution in [1.29, 1.82) is 0 Å². The van der Waals surface area contributed by atoms with Crippen molar-refractivity contribution >= 4 is 30.4 Å². The first-order valence-electron chi connectivity index (χ1n) is 10.5. The van der Waals surface area contributed by atoms with Crippen LogP contribution >= 0.6 is 0 Å². The molecule has 1 aliphatic rings. The summed E-state index contributed by atoms with van der Waals surface area (Å²) in [7, 11) is 0.300. The Hall–Kier alpha value is -2.92. The maximum Gasteiger partial charge on any atom is 0.323 e.